The van der Waals surface area contributed by atoms with Crippen LogP contribution in [-0.4, -0.2) is 29.5 Å². The van der Waals surface area contributed by atoms with E-state index in [4.69, 9.17) is 4.74 Å². The standard InChI is InChI=1S/C15H18N2O3S/c1-3-20-14(18)12-9(2)17(10-6-7-10)15(19)16-13(12)11-5-4-8-21-11/h4-5,8,10,13H,3,6-7H2,1-2H3,(H,16,19)/t13-/m0/s1. The Hall–Kier alpha value is -1.82. The molecule has 3 rings (SSSR count). The van der Waals surface area contributed by atoms with E-state index >= 15 is 0 Å². The summed E-state index contributed by atoms with van der Waals surface area (Å²) in [5.74, 6) is -0.348. The summed E-state index contributed by atoms with van der Waals surface area (Å²) in [6.07, 6.45) is 1.98. The number of esters is 1. The fourth-order valence-corrected chi connectivity index (χ4v) is 3.46. The lowest BCUT2D eigenvalue weighted by molar-refractivity contribution is -0.139. The summed E-state index contributed by atoms with van der Waals surface area (Å²) in [5, 5.41) is 4.89. The van der Waals surface area contributed by atoms with Gasteiger partial charge in [-0.05, 0) is 38.1 Å². The number of ether oxygens (including phenoxy) is 1. The first-order valence-corrected chi connectivity index (χ1v) is 8.02. The van der Waals surface area contributed by atoms with Crippen molar-refractivity contribution < 1.29 is 14.3 Å². The van der Waals surface area contributed by atoms with E-state index < -0.39 is 6.04 Å². The molecule has 2 heterocycles. The summed E-state index contributed by atoms with van der Waals surface area (Å²) < 4.78 is 5.19. The van der Waals surface area contributed by atoms with Gasteiger partial charge >= 0.3 is 12.0 Å². The van der Waals surface area contributed by atoms with Gasteiger partial charge in [0.05, 0.1) is 18.2 Å². The van der Waals surface area contributed by atoms with Gasteiger partial charge in [0.25, 0.3) is 0 Å². The van der Waals surface area contributed by atoms with E-state index in [0.29, 0.717) is 12.2 Å². The molecular weight excluding hydrogens is 288 g/mol. The summed E-state index contributed by atoms with van der Waals surface area (Å²) in [4.78, 5) is 27.4. The fourth-order valence-electron chi connectivity index (χ4n) is 2.67. The molecule has 2 amide bonds. The van der Waals surface area contributed by atoms with E-state index in [0.717, 1.165) is 23.4 Å². The number of amides is 2. The van der Waals surface area contributed by atoms with Crippen molar-refractivity contribution in [3.8, 4) is 0 Å². The minimum Gasteiger partial charge on any atom is -0.463 e. The molecule has 1 aromatic rings. The van der Waals surface area contributed by atoms with Crippen LogP contribution in [0.4, 0.5) is 4.79 Å². The van der Waals surface area contributed by atoms with Gasteiger partial charge in [-0.1, -0.05) is 6.07 Å². The summed E-state index contributed by atoms with van der Waals surface area (Å²) in [6, 6.07) is 3.53. The molecule has 1 aliphatic carbocycles. The Bertz CT molecular complexity index is 590. The molecule has 1 aliphatic heterocycles. The van der Waals surface area contributed by atoms with Gasteiger partial charge in [0, 0.05) is 16.6 Å². The van der Waals surface area contributed by atoms with Crippen LogP contribution in [0.25, 0.3) is 0 Å². The molecule has 1 fully saturated rings. The van der Waals surface area contributed by atoms with Crippen LogP contribution >= 0.6 is 11.3 Å². The predicted octanol–water partition coefficient (Wildman–Crippen LogP) is 2.81. The van der Waals surface area contributed by atoms with Crippen molar-refractivity contribution in [3.63, 3.8) is 0 Å². The zero-order valence-corrected chi connectivity index (χ0v) is 12.9. The monoisotopic (exact) mass is 306 g/mol. The van der Waals surface area contributed by atoms with E-state index in [1.807, 2.05) is 24.4 Å². The van der Waals surface area contributed by atoms with Gasteiger partial charge in [0.15, 0.2) is 0 Å². The van der Waals surface area contributed by atoms with Crippen molar-refractivity contribution in [3.05, 3.63) is 33.7 Å². The molecule has 1 aromatic heterocycles. The van der Waals surface area contributed by atoms with Crippen LogP contribution in [0.15, 0.2) is 28.8 Å². The van der Waals surface area contributed by atoms with Crippen molar-refractivity contribution in [2.75, 3.05) is 6.61 Å². The lowest BCUT2D eigenvalue weighted by Crippen LogP contribution is -2.48. The highest BCUT2D eigenvalue weighted by Crippen LogP contribution is 2.38. The van der Waals surface area contributed by atoms with Gasteiger partial charge in [-0.3, -0.25) is 4.90 Å². The summed E-state index contributed by atoms with van der Waals surface area (Å²) in [5.41, 5.74) is 1.27. The number of allylic oxidation sites excluding steroid dienone is 1. The van der Waals surface area contributed by atoms with E-state index in [-0.39, 0.29) is 18.0 Å². The zero-order valence-electron chi connectivity index (χ0n) is 12.1. The Morgan fingerprint density at radius 3 is 2.86 bits per heavy atom. The summed E-state index contributed by atoms with van der Waals surface area (Å²) >= 11 is 1.52. The lowest BCUT2D eigenvalue weighted by Gasteiger charge is -2.35. The molecule has 0 saturated heterocycles. The second kappa shape index (κ2) is 5.52. The first kappa shape index (κ1) is 14.1. The molecule has 0 radical (unpaired) electrons. The van der Waals surface area contributed by atoms with Crippen molar-refractivity contribution in [1.29, 1.82) is 0 Å². The first-order chi connectivity index (χ1) is 10.1. The smallest absolute Gasteiger partial charge is 0.338 e. The number of nitrogens with one attached hydrogen (secondary N) is 1. The maximum Gasteiger partial charge on any atom is 0.338 e. The number of nitrogens with zero attached hydrogens (tertiary/aromatic N) is 1. The van der Waals surface area contributed by atoms with Gasteiger partial charge in [0.1, 0.15) is 0 Å². The molecule has 112 valence electrons. The number of rotatable bonds is 4. The SMILES string of the molecule is CCOC(=O)C1=C(C)N(C2CC2)C(=O)N[C@H]1c1cccs1. The summed E-state index contributed by atoms with van der Waals surface area (Å²) in [7, 11) is 0. The quantitative estimate of drug-likeness (QED) is 0.870. The number of thiophene rings is 1. The average molecular weight is 306 g/mol. The third-order valence-corrected chi connectivity index (χ3v) is 4.70. The van der Waals surface area contributed by atoms with Gasteiger partial charge in [-0.15, -0.1) is 11.3 Å². The maximum absolute atomic E-state index is 12.4. The molecule has 1 saturated carbocycles. The van der Waals surface area contributed by atoms with Gasteiger partial charge in [-0.2, -0.15) is 0 Å². The molecule has 21 heavy (non-hydrogen) atoms. The van der Waals surface area contributed by atoms with Crippen molar-refractivity contribution in [2.45, 2.75) is 38.8 Å². The minimum absolute atomic E-state index is 0.124. The van der Waals surface area contributed by atoms with Crippen molar-refractivity contribution >= 4 is 23.3 Å². The second-order valence-electron chi connectivity index (χ2n) is 5.22. The summed E-state index contributed by atoms with van der Waals surface area (Å²) in [6.45, 7) is 3.95. The van der Waals surface area contributed by atoms with Gasteiger partial charge < -0.3 is 10.1 Å². The van der Waals surface area contributed by atoms with E-state index in [1.165, 1.54) is 11.3 Å². The third-order valence-electron chi connectivity index (χ3n) is 3.76. The Kier molecular flexibility index (Phi) is 3.71. The highest BCUT2D eigenvalue weighted by molar-refractivity contribution is 7.10. The number of hydrogen-bond acceptors (Lipinski definition) is 4. The van der Waals surface area contributed by atoms with Crippen molar-refractivity contribution in [2.24, 2.45) is 0 Å². The highest BCUT2D eigenvalue weighted by atomic mass is 32.1. The van der Waals surface area contributed by atoms with Crippen LogP contribution in [-0.2, 0) is 9.53 Å². The van der Waals surface area contributed by atoms with Crippen LogP contribution < -0.4 is 5.32 Å². The molecule has 5 nitrogen and oxygen atoms in total. The van der Waals surface area contributed by atoms with Crippen LogP contribution in [0.5, 0.6) is 0 Å². The molecule has 2 aliphatic rings. The fraction of sp³-hybridized carbons (Fsp3) is 0.467. The molecule has 1 atom stereocenters. The molecular formula is C15H18N2O3S. The molecule has 6 heteroatoms. The Labute approximate surface area is 127 Å². The third kappa shape index (κ3) is 2.55. The van der Waals surface area contributed by atoms with Crippen molar-refractivity contribution in [1.82, 2.24) is 10.2 Å². The molecule has 0 unspecified atom stereocenters. The zero-order chi connectivity index (χ0) is 15.0. The van der Waals surface area contributed by atoms with E-state index in [9.17, 15) is 9.59 Å². The molecule has 0 aromatic carbocycles. The first-order valence-electron chi connectivity index (χ1n) is 7.14. The van der Waals surface area contributed by atoms with Crippen LogP contribution in [0, 0.1) is 0 Å². The minimum atomic E-state index is -0.411. The molecule has 1 N–H and O–H groups in total. The maximum atomic E-state index is 12.4. The highest BCUT2D eigenvalue weighted by Gasteiger charge is 2.42. The van der Waals surface area contributed by atoms with E-state index in [1.54, 1.807) is 11.8 Å². The molecule has 0 spiro atoms. The number of hydrogen-bond donors (Lipinski definition) is 1. The van der Waals surface area contributed by atoms with E-state index in [2.05, 4.69) is 5.32 Å². The Morgan fingerprint density at radius 1 is 1.52 bits per heavy atom. The van der Waals surface area contributed by atoms with Gasteiger partial charge in [-0.25, -0.2) is 9.59 Å². The van der Waals surface area contributed by atoms with Crippen LogP contribution in [0.2, 0.25) is 0 Å². The number of carbonyl (C=O) groups is 2. The number of urea groups is 1. The predicted molar refractivity (Wildman–Crippen MR) is 79.8 cm³/mol. The van der Waals surface area contributed by atoms with Gasteiger partial charge in [0.2, 0.25) is 0 Å². The largest absolute Gasteiger partial charge is 0.463 e. The lowest BCUT2D eigenvalue weighted by atomic mass is 10.0. The Balaban J connectivity index is 2.03. The molecule has 0 bridgehead atoms. The van der Waals surface area contributed by atoms with Crippen LogP contribution in [0.3, 0.4) is 0 Å². The topological polar surface area (TPSA) is 58.6 Å². The average Bonchev–Trinajstić information content (AvgIpc) is 3.11. The normalized spacial score (nSPS) is 22.3. The second-order valence-corrected chi connectivity index (χ2v) is 6.20. The van der Waals surface area contributed by atoms with Crippen LogP contribution in [0.1, 0.15) is 37.6 Å². The number of carbonyl (C=O) groups excluding carboxylic acids is 2. The Morgan fingerprint density at radius 2 is 2.29 bits per heavy atom.